The predicted octanol–water partition coefficient (Wildman–Crippen LogP) is 3.27. The second-order valence-corrected chi connectivity index (χ2v) is 13.7. The molecule has 0 radical (unpaired) electrons. The van der Waals surface area contributed by atoms with Crippen LogP contribution >= 0.6 is 0 Å². The third-order valence-corrected chi connectivity index (χ3v) is 11.6. The molecule has 6 heteroatoms. The number of carbonyl (C=O) groups excluding carboxylic acids is 1. The molecular formula is C24H31NO4Si. The van der Waals surface area contributed by atoms with Crippen LogP contribution in [0.5, 0.6) is 5.75 Å². The molecule has 160 valence electrons. The van der Waals surface area contributed by atoms with Crippen LogP contribution in [0.25, 0.3) is 0 Å². The van der Waals surface area contributed by atoms with Gasteiger partial charge in [0.05, 0.1) is 27.0 Å². The average Bonchev–Trinajstić information content (AvgIpc) is 3.16. The number of carbonyl (C=O) groups is 1. The van der Waals surface area contributed by atoms with Crippen molar-refractivity contribution < 1.29 is 19.4 Å². The normalized spacial score (nSPS) is 28.3. The molecule has 1 N–H and O–H groups in total. The first-order chi connectivity index (χ1) is 14.3. The number of fused-ring (bicyclic) bond motifs is 2. The zero-order chi connectivity index (χ0) is 21.7. The van der Waals surface area contributed by atoms with Crippen molar-refractivity contribution in [3.63, 3.8) is 0 Å². The molecule has 1 spiro atoms. The Bertz CT molecular complexity index is 944. The lowest BCUT2D eigenvalue weighted by Crippen LogP contribution is -2.51. The van der Waals surface area contributed by atoms with E-state index in [4.69, 9.17) is 9.47 Å². The Balaban J connectivity index is 1.81. The van der Waals surface area contributed by atoms with Crippen molar-refractivity contribution in [2.45, 2.75) is 43.7 Å². The Hall–Kier alpha value is -2.15. The second kappa shape index (κ2) is 7.52. The standard InChI is InChI=1S/C24H31NO4Si/c1-16-22(30(4,5)18-12-10-17(28-3)11-13-18)21(14-15-26)29-24(16)19-8-6-7-9-20(19)25(2)23(24)27/h6-13,16,21-22,26H,14-15H2,1-5H3/t16-,21+,22-,24+/m1/s1. The van der Waals surface area contributed by atoms with Crippen LogP contribution in [-0.2, 0) is 15.1 Å². The van der Waals surface area contributed by atoms with Crippen LogP contribution in [0.4, 0.5) is 5.69 Å². The number of methoxy groups -OCH3 is 1. The fraction of sp³-hybridized carbons (Fsp3) is 0.458. The molecule has 4 rings (SSSR count). The van der Waals surface area contributed by atoms with Crippen LogP contribution in [0.2, 0.25) is 18.6 Å². The van der Waals surface area contributed by atoms with E-state index >= 15 is 0 Å². The van der Waals surface area contributed by atoms with Crippen molar-refractivity contribution in [3.8, 4) is 5.75 Å². The number of anilines is 1. The van der Waals surface area contributed by atoms with Gasteiger partial charge >= 0.3 is 0 Å². The SMILES string of the molecule is COc1ccc([Si](C)(C)[C@H]2[C@H](CCO)O[C@@]3(C(=O)N(C)c4ccccc43)[C@@H]2C)cc1. The quantitative estimate of drug-likeness (QED) is 0.747. The number of rotatable bonds is 5. The molecule has 2 heterocycles. The summed E-state index contributed by atoms with van der Waals surface area (Å²) in [7, 11) is 1.42. The van der Waals surface area contributed by atoms with Gasteiger partial charge in [-0.15, -0.1) is 0 Å². The Morgan fingerprint density at radius 2 is 1.83 bits per heavy atom. The molecule has 2 aromatic rings. The maximum absolute atomic E-state index is 13.6. The van der Waals surface area contributed by atoms with E-state index in [0.717, 1.165) is 17.0 Å². The maximum Gasteiger partial charge on any atom is 0.264 e. The number of ether oxygens (including phenoxy) is 2. The van der Waals surface area contributed by atoms with Crippen molar-refractivity contribution in [1.82, 2.24) is 0 Å². The number of amides is 1. The largest absolute Gasteiger partial charge is 0.497 e. The van der Waals surface area contributed by atoms with E-state index in [0.29, 0.717) is 6.42 Å². The molecule has 2 aliphatic rings. The van der Waals surface area contributed by atoms with Gasteiger partial charge in [-0.25, -0.2) is 0 Å². The lowest BCUT2D eigenvalue weighted by molar-refractivity contribution is -0.146. The van der Waals surface area contributed by atoms with E-state index in [1.807, 2.05) is 43.4 Å². The van der Waals surface area contributed by atoms with Gasteiger partial charge in [0.1, 0.15) is 5.75 Å². The number of para-hydroxylation sites is 1. The summed E-state index contributed by atoms with van der Waals surface area (Å²) in [6, 6.07) is 16.2. The third-order valence-electron chi connectivity index (χ3n) is 7.29. The molecule has 0 aliphatic carbocycles. The van der Waals surface area contributed by atoms with Gasteiger partial charge in [-0.1, -0.05) is 55.5 Å². The van der Waals surface area contributed by atoms with Crippen LogP contribution in [0, 0.1) is 5.92 Å². The number of hydrogen-bond acceptors (Lipinski definition) is 4. The van der Waals surface area contributed by atoms with Crippen LogP contribution in [0.15, 0.2) is 48.5 Å². The maximum atomic E-state index is 13.6. The molecule has 30 heavy (non-hydrogen) atoms. The van der Waals surface area contributed by atoms with Gasteiger partial charge in [0.15, 0.2) is 5.60 Å². The van der Waals surface area contributed by atoms with E-state index in [-0.39, 0.29) is 30.1 Å². The molecule has 1 amide bonds. The number of nitrogens with zero attached hydrogens (tertiary/aromatic N) is 1. The Kier molecular flexibility index (Phi) is 5.29. The smallest absolute Gasteiger partial charge is 0.264 e. The summed E-state index contributed by atoms with van der Waals surface area (Å²) in [5.74, 6) is 0.835. The lowest BCUT2D eigenvalue weighted by Gasteiger charge is -2.37. The molecule has 0 aromatic heterocycles. The average molecular weight is 426 g/mol. The Labute approximate surface area is 179 Å². The van der Waals surface area contributed by atoms with E-state index in [1.54, 1.807) is 12.0 Å². The highest BCUT2D eigenvalue weighted by Gasteiger charge is 2.65. The first kappa shape index (κ1) is 21.1. The minimum atomic E-state index is -2.07. The summed E-state index contributed by atoms with van der Waals surface area (Å²) in [5, 5.41) is 11.1. The number of hydrogen-bond donors (Lipinski definition) is 1. The molecule has 2 aromatic carbocycles. The van der Waals surface area contributed by atoms with Crippen molar-refractivity contribution in [1.29, 1.82) is 0 Å². The van der Waals surface area contributed by atoms with Crippen LogP contribution in [0.1, 0.15) is 18.9 Å². The molecule has 0 bridgehead atoms. The highest BCUT2D eigenvalue weighted by molar-refractivity contribution is 6.91. The zero-order valence-electron chi connectivity index (χ0n) is 18.4. The van der Waals surface area contributed by atoms with Gasteiger partial charge < -0.3 is 19.5 Å². The molecule has 0 unspecified atom stereocenters. The summed E-state index contributed by atoms with van der Waals surface area (Å²) in [6.45, 7) is 6.90. The molecule has 1 fully saturated rings. The highest BCUT2D eigenvalue weighted by Crippen LogP contribution is 2.59. The van der Waals surface area contributed by atoms with Gasteiger partial charge in [-0.3, -0.25) is 4.79 Å². The predicted molar refractivity (Wildman–Crippen MR) is 121 cm³/mol. The molecule has 1 saturated heterocycles. The minimum Gasteiger partial charge on any atom is -0.497 e. The highest BCUT2D eigenvalue weighted by atomic mass is 28.3. The zero-order valence-corrected chi connectivity index (χ0v) is 19.4. The first-order valence-electron chi connectivity index (χ1n) is 10.6. The third kappa shape index (κ3) is 2.85. The Morgan fingerprint density at radius 3 is 2.47 bits per heavy atom. The molecular weight excluding hydrogens is 394 g/mol. The van der Waals surface area contributed by atoms with Crippen molar-refractivity contribution in [2.24, 2.45) is 5.92 Å². The summed E-state index contributed by atoms with van der Waals surface area (Å²) >= 11 is 0. The summed E-state index contributed by atoms with van der Waals surface area (Å²) in [4.78, 5) is 15.3. The fourth-order valence-corrected chi connectivity index (χ4v) is 9.83. The molecule has 5 nitrogen and oxygen atoms in total. The summed E-state index contributed by atoms with van der Waals surface area (Å²) < 4.78 is 12.0. The van der Waals surface area contributed by atoms with Crippen LogP contribution < -0.4 is 14.8 Å². The van der Waals surface area contributed by atoms with Gasteiger partial charge in [0.25, 0.3) is 5.91 Å². The van der Waals surface area contributed by atoms with Gasteiger partial charge in [0.2, 0.25) is 0 Å². The van der Waals surface area contributed by atoms with Gasteiger partial charge in [0, 0.05) is 25.1 Å². The summed E-state index contributed by atoms with van der Waals surface area (Å²) in [5.41, 5.74) is 1.07. The summed E-state index contributed by atoms with van der Waals surface area (Å²) in [6.07, 6.45) is 0.361. The van der Waals surface area contributed by atoms with Crippen molar-refractivity contribution in [3.05, 3.63) is 54.1 Å². The molecule has 4 atom stereocenters. The van der Waals surface area contributed by atoms with E-state index in [9.17, 15) is 9.90 Å². The lowest BCUT2D eigenvalue weighted by atomic mass is 9.82. The number of aliphatic hydroxyl groups excluding tert-OH is 1. The molecule has 0 saturated carbocycles. The van der Waals surface area contributed by atoms with E-state index in [1.165, 1.54) is 5.19 Å². The van der Waals surface area contributed by atoms with Crippen LogP contribution in [-0.4, -0.2) is 46.0 Å². The first-order valence-corrected chi connectivity index (χ1v) is 13.7. The Morgan fingerprint density at radius 1 is 1.17 bits per heavy atom. The molecule has 2 aliphatic heterocycles. The van der Waals surface area contributed by atoms with Crippen molar-refractivity contribution in [2.75, 3.05) is 25.7 Å². The number of aliphatic hydroxyl groups is 1. The number of likely N-dealkylation sites (N-methyl/N-ethyl adjacent to an activating group) is 1. The fourth-order valence-electron chi connectivity index (χ4n) is 5.77. The minimum absolute atomic E-state index is 0.00108. The van der Waals surface area contributed by atoms with Gasteiger partial charge in [-0.05, 0) is 30.2 Å². The van der Waals surface area contributed by atoms with Crippen molar-refractivity contribution >= 4 is 24.9 Å². The van der Waals surface area contributed by atoms with Crippen LogP contribution in [0.3, 0.4) is 0 Å². The van der Waals surface area contributed by atoms with Gasteiger partial charge in [-0.2, -0.15) is 0 Å². The topological polar surface area (TPSA) is 59.0 Å². The van der Waals surface area contributed by atoms with E-state index < -0.39 is 13.7 Å². The van der Waals surface area contributed by atoms with E-state index in [2.05, 4.69) is 32.2 Å². The monoisotopic (exact) mass is 425 g/mol. The number of benzene rings is 2. The second-order valence-electron chi connectivity index (χ2n) is 9.05.